The zero-order chi connectivity index (χ0) is 7.98. The van der Waals surface area contributed by atoms with E-state index in [-0.39, 0.29) is 0 Å². The molecule has 0 radical (unpaired) electrons. The Hall–Kier alpha value is -0.0800. The van der Waals surface area contributed by atoms with Crippen molar-refractivity contribution in [1.82, 2.24) is 4.90 Å². The van der Waals surface area contributed by atoms with Crippen LogP contribution in [0.1, 0.15) is 27.2 Å². The molecule has 0 spiro atoms. The molecule has 0 aromatic heterocycles. The number of rotatable bonds is 5. The van der Waals surface area contributed by atoms with Crippen molar-refractivity contribution in [2.45, 2.75) is 33.2 Å². The SMILES string of the molecule is CCN(CC)[C@H](C)CCN. The van der Waals surface area contributed by atoms with E-state index in [4.69, 9.17) is 5.73 Å². The average Bonchev–Trinajstić information content (AvgIpc) is 1.91. The van der Waals surface area contributed by atoms with Crippen LogP contribution in [0.3, 0.4) is 0 Å². The van der Waals surface area contributed by atoms with Crippen LogP contribution >= 0.6 is 0 Å². The van der Waals surface area contributed by atoms with E-state index in [9.17, 15) is 0 Å². The van der Waals surface area contributed by atoms with Crippen LogP contribution < -0.4 is 5.73 Å². The highest BCUT2D eigenvalue weighted by Crippen LogP contribution is 2.00. The van der Waals surface area contributed by atoms with E-state index in [2.05, 4.69) is 25.7 Å². The van der Waals surface area contributed by atoms with Gasteiger partial charge in [0.25, 0.3) is 0 Å². The van der Waals surface area contributed by atoms with E-state index in [1.807, 2.05) is 0 Å². The minimum Gasteiger partial charge on any atom is -0.330 e. The Morgan fingerprint density at radius 2 is 1.80 bits per heavy atom. The van der Waals surface area contributed by atoms with Gasteiger partial charge in [-0.2, -0.15) is 0 Å². The minimum atomic E-state index is 0.653. The van der Waals surface area contributed by atoms with Gasteiger partial charge < -0.3 is 10.6 Å². The molecule has 0 aromatic carbocycles. The first-order chi connectivity index (χ1) is 4.76. The standard InChI is InChI=1S/C8H20N2/c1-4-10(5-2)8(3)6-7-9/h8H,4-7,9H2,1-3H3/t8-/m1/s1. The quantitative estimate of drug-likeness (QED) is 0.625. The fraction of sp³-hybridized carbons (Fsp3) is 1.00. The molecule has 0 heterocycles. The summed E-state index contributed by atoms with van der Waals surface area (Å²) in [5.41, 5.74) is 5.45. The van der Waals surface area contributed by atoms with Crippen LogP contribution in [0.5, 0.6) is 0 Å². The Kier molecular flexibility index (Phi) is 5.64. The van der Waals surface area contributed by atoms with E-state index in [1.54, 1.807) is 0 Å². The Morgan fingerprint density at radius 1 is 1.30 bits per heavy atom. The molecule has 0 aliphatic carbocycles. The molecule has 0 aromatic rings. The fourth-order valence-corrected chi connectivity index (χ4v) is 1.27. The van der Waals surface area contributed by atoms with Gasteiger partial charge in [0, 0.05) is 6.04 Å². The summed E-state index contributed by atoms with van der Waals surface area (Å²) in [5.74, 6) is 0. The summed E-state index contributed by atoms with van der Waals surface area (Å²) in [6, 6.07) is 0.653. The van der Waals surface area contributed by atoms with Gasteiger partial charge in [0.15, 0.2) is 0 Å². The molecule has 1 atom stereocenters. The first-order valence-electron chi connectivity index (χ1n) is 4.20. The average molecular weight is 144 g/mol. The molecule has 10 heavy (non-hydrogen) atoms. The Bertz CT molecular complexity index is 69.7. The van der Waals surface area contributed by atoms with E-state index < -0.39 is 0 Å². The normalized spacial score (nSPS) is 14.1. The van der Waals surface area contributed by atoms with E-state index in [0.29, 0.717) is 6.04 Å². The molecule has 2 heteroatoms. The number of hydrogen-bond acceptors (Lipinski definition) is 2. The van der Waals surface area contributed by atoms with Gasteiger partial charge in [-0.15, -0.1) is 0 Å². The highest BCUT2D eigenvalue weighted by atomic mass is 15.1. The van der Waals surface area contributed by atoms with Crippen LogP contribution in [-0.4, -0.2) is 30.6 Å². The summed E-state index contributed by atoms with van der Waals surface area (Å²) in [6.45, 7) is 9.69. The third-order valence-corrected chi connectivity index (χ3v) is 2.02. The molecular formula is C8H20N2. The lowest BCUT2D eigenvalue weighted by Gasteiger charge is -2.25. The summed E-state index contributed by atoms with van der Waals surface area (Å²) >= 11 is 0. The molecule has 0 saturated heterocycles. The first-order valence-corrected chi connectivity index (χ1v) is 4.20. The van der Waals surface area contributed by atoms with Gasteiger partial charge in [-0.3, -0.25) is 0 Å². The summed E-state index contributed by atoms with van der Waals surface area (Å²) in [6.07, 6.45) is 1.11. The summed E-state index contributed by atoms with van der Waals surface area (Å²) < 4.78 is 0. The van der Waals surface area contributed by atoms with Gasteiger partial charge in [0.2, 0.25) is 0 Å². The molecule has 0 aliphatic rings. The zero-order valence-electron chi connectivity index (χ0n) is 7.43. The monoisotopic (exact) mass is 144 g/mol. The van der Waals surface area contributed by atoms with Crippen molar-refractivity contribution in [1.29, 1.82) is 0 Å². The van der Waals surface area contributed by atoms with E-state index in [0.717, 1.165) is 26.1 Å². The number of nitrogens with two attached hydrogens (primary N) is 1. The predicted molar refractivity (Wildman–Crippen MR) is 46.1 cm³/mol. The van der Waals surface area contributed by atoms with Gasteiger partial charge >= 0.3 is 0 Å². The smallest absolute Gasteiger partial charge is 0.00786 e. The lowest BCUT2D eigenvalue weighted by molar-refractivity contribution is 0.223. The molecule has 0 aliphatic heterocycles. The van der Waals surface area contributed by atoms with Crippen molar-refractivity contribution >= 4 is 0 Å². The Balaban J connectivity index is 3.53. The predicted octanol–water partition coefficient (Wildman–Crippen LogP) is 1.07. The third kappa shape index (κ3) is 3.18. The van der Waals surface area contributed by atoms with Crippen molar-refractivity contribution in [3.8, 4) is 0 Å². The minimum absolute atomic E-state index is 0.653. The van der Waals surface area contributed by atoms with Gasteiger partial charge in [0.05, 0.1) is 0 Å². The molecule has 2 N–H and O–H groups in total. The highest BCUT2D eigenvalue weighted by Gasteiger charge is 2.07. The van der Waals surface area contributed by atoms with Crippen LogP contribution in [0.2, 0.25) is 0 Å². The van der Waals surface area contributed by atoms with Gasteiger partial charge in [-0.1, -0.05) is 13.8 Å². The second-order valence-corrected chi connectivity index (χ2v) is 2.65. The Morgan fingerprint density at radius 3 is 2.10 bits per heavy atom. The Labute approximate surface area is 64.4 Å². The van der Waals surface area contributed by atoms with Crippen LogP contribution in [0.15, 0.2) is 0 Å². The number of nitrogens with zero attached hydrogens (tertiary/aromatic N) is 1. The van der Waals surface area contributed by atoms with Crippen molar-refractivity contribution in [3.63, 3.8) is 0 Å². The zero-order valence-corrected chi connectivity index (χ0v) is 7.43. The summed E-state index contributed by atoms with van der Waals surface area (Å²) in [4.78, 5) is 2.42. The van der Waals surface area contributed by atoms with Gasteiger partial charge in [-0.25, -0.2) is 0 Å². The van der Waals surface area contributed by atoms with Crippen LogP contribution in [0.25, 0.3) is 0 Å². The molecular weight excluding hydrogens is 124 g/mol. The maximum absolute atomic E-state index is 5.45. The topological polar surface area (TPSA) is 29.3 Å². The van der Waals surface area contributed by atoms with Crippen molar-refractivity contribution in [2.75, 3.05) is 19.6 Å². The van der Waals surface area contributed by atoms with Crippen LogP contribution in [0, 0.1) is 0 Å². The molecule has 0 fully saturated rings. The molecule has 62 valence electrons. The fourth-order valence-electron chi connectivity index (χ4n) is 1.27. The molecule has 2 nitrogen and oxygen atoms in total. The molecule has 0 rings (SSSR count). The first kappa shape index (κ1) is 9.92. The van der Waals surface area contributed by atoms with Crippen LogP contribution in [0.4, 0.5) is 0 Å². The van der Waals surface area contributed by atoms with Gasteiger partial charge in [-0.05, 0) is 33.0 Å². The van der Waals surface area contributed by atoms with E-state index in [1.165, 1.54) is 0 Å². The van der Waals surface area contributed by atoms with Crippen molar-refractivity contribution < 1.29 is 0 Å². The third-order valence-electron chi connectivity index (χ3n) is 2.02. The lowest BCUT2D eigenvalue weighted by Crippen LogP contribution is -2.34. The van der Waals surface area contributed by atoms with Crippen molar-refractivity contribution in [3.05, 3.63) is 0 Å². The second-order valence-electron chi connectivity index (χ2n) is 2.65. The molecule has 0 saturated carbocycles. The summed E-state index contributed by atoms with van der Waals surface area (Å²) in [7, 11) is 0. The molecule has 0 unspecified atom stereocenters. The molecule has 0 bridgehead atoms. The van der Waals surface area contributed by atoms with E-state index >= 15 is 0 Å². The largest absolute Gasteiger partial charge is 0.330 e. The van der Waals surface area contributed by atoms with Crippen LogP contribution in [-0.2, 0) is 0 Å². The lowest BCUT2D eigenvalue weighted by atomic mass is 10.2. The number of hydrogen-bond donors (Lipinski definition) is 1. The summed E-state index contributed by atoms with van der Waals surface area (Å²) in [5, 5.41) is 0. The maximum atomic E-state index is 5.45. The highest BCUT2D eigenvalue weighted by molar-refractivity contribution is 4.63. The van der Waals surface area contributed by atoms with Crippen molar-refractivity contribution in [2.24, 2.45) is 5.73 Å². The molecule has 0 amide bonds. The maximum Gasteiger partial charge on any atom is 0.00786 e. The second kappa shape index (κ2) is 5.69. The van der Waals surface area contributed by atoms with Gasteiger partial charge in [0.1, 0.15) is 0 Å².